The molecule has 2 heteroatoms. The first-order chi connectivity index (χ1) is 5.75. The van der Waals surface area contributed by atoms with Crippen molar-refractivity contribution in [1.82, 2.24) is 0 Å². The lowest BCUT2D eigenvalue weighted by Crippen LogP contribution is -1.80. The van der Waals surface area contributed by atoms with Crippen LogP contribution in [-0.4, -0.2) is 0 Å². The molecule has 0 radical (unpaired) electrons. The molecule has 0 aromatic heterocycles. The fraction of sp³-hybridized carbons (Fsp3) is 0.100. The van der Waals surface area contributed by atoms with E-state index in [0.717, 1.165) is 11.1 Å². The largest absolute Gasteiger partial charge is 0.193 e. The highest BCUT2D eigenvalue weighted by molar-refractivity contribution is 6.32. The zero-order valence-corrected chi connectivity index (χ0v) is 7.47. The number of rotatable bonds is 1. The topological polar surface area (TPSA) is 23.8 Å². The highest BCUT2D eigenvalue weighted by Gasteiger charge is 1.97. The fourth-order valence-electron chi connectivity index (χ4n) is 0.977. The third kappa shape index (κ3) is 1.87. The van der Waals surface area contributed by atoms with E-state index >= 15 is 0 Å². The van der Waals surface area contributed by atoms with Gasteiger partial charge in [0.25, 0.3) is 0 Å². The molecule has 1 rings (SSSR count). The third-order valence-corrected chi connectivity index (χ3v) is 1.93. The molecule has 0 aliphatic heterocycles. The highest BCUT2D eigenvalue weighted by atomic mass is 35.5. The predicted octanol–water partition coefficient (Wildman–Crippen LogP) is 3.19. The van der Waals surface area contributed by atoms with Crippen LogP contribution in [0.3, 0.4) is 0 Å². The van der Waals surface area contributed by atoms with Gasteiger partial charge >= 0.3 is 0 Å². The Balaban J connectivity index is 3.15. The van der Waals surface area contributed by atoms with Gasteiger partial charge in [0.15, 0.2) is 0 Å². The number of hydrogen-bond acceptors (Lipinski definition) is 1. The smallest absolute Gasteiger partial charge is 0.0912 e. The standard InChI is InChI=1S/C10H8ClN/c1-8-4-2-6-10(11)9(8)5-3-7-12/h2-6H,1H3. The number of allylic oxidation sites excluding steroid dienone is 1. The van der Waals surface area contributed by atoms with Gasteiger partial charge in [-0.2, -0.15) is 5.26 Å². The highest BCUT2D eigenvalue weighted by Crippen LogP contribution is 2.20. The summed E-state index contributed by atoms with van der Waals surface area (Å²) in [5.41, 5.74) is 2.00. The SMILES string of the molecule is Cc1cccc(Cl)c1C=CC#N. The maximum atomic E-state index is 8.33. The summed E-state index contributed by atoms with van der Waals surface area (Å²) in [5, 5.41) is 9.01. The lowest BCUT2D eigenvalue weighted by Gasteiger charge is -2.00. The quantitative estimate of drug-likeness (QED) is 0.605. The van der Waals surface area contributed by atoms with E-state index in [9.17, 15) is 0 Å². The monoisotopic (exact) mass is 177 g/mol. The predicted molar refractivity (Wildman–Crippen MR) is 50.8 cm³/mol. The molecule has 0 spiro atoms. The van der Waals surface area contributed by atoms with Crippen molar-refractivity contribution in [2.24, 2.45) is 0 Å². The summed E-state index contributed by atoms with van der Waals surface area (Å²) in [6, 6.07) is 7.59. The Labute approximate surface area is 76.9 Å². The van der Waals surface area contributed by atoms with Gasteiger partial charge < -0.3 is 0 Å². The number of hydrogen-bond donors (Lipinski definition) is 0. The van der Waals surface area contributed by atoms with E-state index < -0.39 is 0 Å². The number of halogens is 1. The van der Waals surface area contributed by atoms with Gasteiger partial charge in [-0.3, -0.25) is 0 Å². The van der Waals surface area contributed by atoms with E-state index in [0.29, 0.717) is 5.02 Å². The Bertz CT molecular complexity index is 327. The normalized spacial score (nSPS) is 10.1. The average molecular weight is 178 g/mol. The molecular formula is C10H8ClN. The first-order valence-electron chi connectivity index (χ1n) is 3.57. The van der Waals surface area contributed by atoms with Crippen molar-refractivity contribution in [3.63, 3.8) is 0 Å². The molecule has 1 nitrogen and oxygen atoms in total. The molecule has 60 valence electrons. The molecule has 12 heavy (non-hydrogen) atoms. The molecule has 0 atom stereocenters. The number of nitrogens with zero attached hydrogens (tertiary/aromatic N) is 1. The summed E-state index contributed by atoms with van der Waals surface area (Å²) in [6.45, 7) is 1.96. The Morgan fingerprint density at radius 2 is 2.25 bits per heavy atom. The van der Waals surface area contributed by atoms with Crippen molar-refractivity contribution in [3.8, 4) is 6.07 Å². The molecule has 0 fully saturated rings. The van der Waals surface area contributed by atoms with Crippen LogP contribution in [0.4, 0.5) is 0 Å². The van der Waals surface area contributed by atoms with E-state index in [2.05, 4.69) is 0 Å². The molecule has 0 bridgehead atoms. The Kier molecular flexibility index (Phi) is 2.90. The van der Waals surface area contributed by atoms with Crippen LogP contribution in [0.5, 0.6) is 0 Å². The van der Waals surface area contributed by atoms with Gasteiger partial charge in [-0.15, -0.1) is 0 Å². The molecule has 0 saturated carbocycles. The van der Waals surface area contributed by atoms with Gasteiger partial charge in [0.05, 0.1) is 6.07 Å². The molecular weight excluding hydrogens is 170 g/mol. The Hall–Kier alpha value is -1.26. The van der Waals surface area contributed by atoms with Crippen molar-refractivity contribution >= 4 is 17.7 Å². The molecule has 0 aliphatic carbocycles. The van der Waals surface area contributed by atoms with Gasteiger partial charge in [-0.05, 0) is 30.2 Å². The van der Waals surface area contributed by atoms with Crippen LogP contribution in [0.1, 0.15) is 11.1 Å². The summed E-state index contributed by atoms with van der Waals surface area (Å²) in [6.07, 6.45) is 3.14. The molecule has 0 aliphatic rings. The van der Waals surface area contributed by atoms with E-state index in [1.54, 1.807) is 6.08 Å². The van der Waals surface area contributed by atoms with Crippen molar-refractivity contribution < 1.29 is 0 Å². The van der Waals surface area contributed by atoms with Gasteiger partial charge in [0.1, 0.15) is 0 Å². The zero-order valence-electron chi connectivity index (χ0n) is 6.71. The fourth-order valence-corrected chi connectivity index (χ4v) is 1.26. The molecule has 0 N–H and O–H groups in total. The van der Waals surface area contributed by atoms with E-state index in [1.165, 1.54) is 6.08 Å². The Morgan fingerprint density at radius 1 is 1.50 bits per heavy atom. The Morgan fingerprint density at radius 3 is 2.83 bits per heavy atom. The molecule has 0 saturated heterocycles. The second kappa shape index (κ2) is 3.94. The van der Waals surface area contributed by atoms with Gasteiger partial charge in [-0.25, -0.2) is 0 Å². The molecule has 0 unspecified atom stereocenters. The minimum absolute atomic E-state index is 0.682. The average Bonchev–Trinajstić information content (AvgIpc) is 2.04. The van der Waals surface area contributed by atoms with Crippen molar-refractivity contribution in [2.45, 2.75) is 6.92 Å². The molecule has 0 heterocycles. The van der Waals surface area contributed by atoms with Crippen LogP contribution in [0.25, 0.3) is 6.08 Å². The van der Waals surface area contributed by atoms with E-state index in [-0.39, 0.29) is 0 Å². The lowest BCUT2D eigenvalue weighted by atomic mass is 10.1. The van der Waals surface area contributed by atoms with Gasteiger partial charge in [0.2, 0.25) is 0 Å². The number of benzene rings is 1. The zero-order chi connectivity index (χ0) is 8.97. The summed E-state index contributed by atoms with van der Waals surface area (Å²) < 4.78 is 0. The van der Waals surface area contributed by atoms with Crippen LogP contribution >= 0.6 is 11.6 Å². The molecule has 1 aromatic rings. The van der Waals surface area contributed by atoms with Crippen molar-refractivity contribution in [1.29, 1.82) is 5.26 Å². The number of nitriles is 1. The van der Waals surface area contributed by atoms with Crippen LogP contribution in [0, 0.1) is 18.3 Å². The minimum atomic E-state index is 0.682. The van der Waals surface area contributed by atoms with Gasteiger partial charge in [0, 0.05) is 11.1 Å². The number of aryl methyl sites for hydroxylation is 1. The minimum Gasteiger partial charge on any atom is -0.193 e. The first kappa shape index (κ1) is 8.83. The van der Waals surface area contributed by atoms with Crippen LogP contribution in [0.2, 0.25) is 5.02 Å². The summed E-state index contributed by atoms with van der Waals surface area (Å²) in [4.78, 5) is 0. The van der Waals surface area contributed by atoms with Crippen molar-refractivity contribution in [2.75, 3.05) is 0 Å². The molecule has 1 aromatic carbocycles. The van der Waals surface area contributed by atoms with Crippen LogP contribution in [-0.2, 0) is 0 Å². The maximum absolute atomic E-state index is 8.33. The summed E-state index contributed by atoms with van der Waals surface area (Å²) >= 11 is 5.90. The van der Waals surface area contributed by atoms with Crippen LogP contribution < -0.4 is 0 Å². The summed E-state index contributed by atoms with van der Waals surface area (Å²) in [7, 11) is 0. The van der Waals surface area contributed by atoms with Crippen LogP contribution in [0.15, 0.2) is 24.3 Å². The third-order valence-electron chi connectivity index (χ3n) is 1.60. The second-order valence-corrected chi connectivity index (χ2v) is 2.84. The first-order valence-corrected chi connectivity index (χ1v) is 3.95. The second-order valence-electron chi connectivity index (χ2n) is 2.43. The summed E-state index contributed by atoms with van der Waals surface area (Å²) in [5.74, 6) is 0. The van der Waals surface area contributed by atoms with Crippen molar-refractivity contribution in [3.05, 3.63) is 40.4 Å². The maximum Gasteiger partial charge on any atom is 0.0912 e. The van der Waals surface area contributed by atoms with E-state index in [1.807, 2.05) is 31.2 Å². The lowest BCUT2D eigenvalue weighted by molar-refractivity contribution is 1.44. The van der Waals surface area contributed by atoms with Gasteiger partial charge in [-0.1, -0.05) is 23.7 Å². The van der Waals surface area contributed by atoms with E-state index in [4.69, 9.17) is 16.9 Å². The molecule has 0 amide bonds.